The summed E-state index contributed by atoms with van der Waals surface area (Å²) in [5.74, 6) is 0.550. The molecule has 0 aliphatic heterocycles. The van der Waals surface area contributed by atoms with E-state index < -0.39 is 5.60 Å². The molecule has 2 N–H and O–H groups in total. The molecule has 1 amide bonds. The molecule has 0 aromatic rings. The Morgan fingerprint density at radius 3 is 2.43 bits per heavy atom. The van der Waals surface area contributed by atoms with Crippen molar-refractivity contribution < 1.29 is 14.3 Å². The van der Waals surface area contributed by atoms with Gasteiger partial charge in [0.1, 0.15) is 5.60 Å². The summed E-state index contributed by atoms with van der Waals surface area (Å²) in [6, 6.07) is 0.460. The number of carbonyl (C=O) groups excluding carboxylic acids is 1. The standard InChI is InChI=1S/C16H34N2O3/c1-7-20-11-10-17-14(3)12-13(2)8-9-18-15(19)21-16(4,5)6/h13-14,17H,7-12H2,1-6H3,(H,18,19)/t13-,14+/m0/s1. The SMILES string of the molecule is CCOCCN[C@H](C)C[C@@H](C)CCNC(=O)OC(C)(C)C. The zero-order valence-corrected chi connectivity index (χ0v) is 14.6. The number of ether oxygens (including phenoxy) is 2. The van der Waals surface area contributed by atoms with Gasteiger partial charge in [-0.05, 0) is 53.4 Å². The summed E-state index contributed by atoms with van der Waals surface area (Å²) in [6.45, 7) is 15.1. The van der Waals surface area contributed by atoms with Gasteiger partial charge in [-0.1, -0.05) is 6.92 Å². The highest BCUT2D eigenvalue weighted by atomic mass is 16.6. The molecule has 126 valence electrons. The van der Waals surface area contributed by atoms with Gasteiger partial charge in [-0.15, -0.1) is 0 Å². The van der Waals surface area contributed by atoms with Crippen LogP contribution in [0.5, 0.6) is 0 Å². The molecular weight excluding hydrogens is 268 g/mol. The predicted molar refractivity (Wildman–Crippen MR) is 86.6 cm³/mol. The fraction of sp³-hybridized carbons (Fsp3) is 0.938. The third kappa shape index (κ3) is 13.9. The zero-order chi connectivity index (χ0) is 16.3. The number of hydrogen-bond acceptors (Lipinski definition) is 4. The van der Waals surface area contributed by atoms with Crippen molar-refractivity contribution in [3.8, 4) is 0 Å². The molecule has 0 radical (unpaired) electrons. The molecule has 0 rings (SSSR count). The van der Waals surface area contributed by atoms with Crippen molar-refractivity contribution in [2.24, 2.45) is 5.92 Å². The number of carbonyl (C=O) groups is 1. The molecule has 5 nitrogen and oxygen atoms in total. The topological polar surface area (TPSA) is 59.6 Å². The van der Waals surface area contributed by atoms with E-state index in [0.717, 1.165) is 32.6 Å². The summed E-state index contributed by atoms with van der Waals surface area (Å²) in [5.41, 5.74) is -0.436. The second-order valence-corrected chi connectivity index (χ2v) is 6.61. The maximum atomic E-state index is 11.5. The van der Waals surface area contributed by atoms with Gasteiger partial charge in [-0.2, -0.15) is 0 Å². The van der Waals surface area contributed by atoms with Gasteiger partial charge >= 0.3 is 6.09 Å². The largest absolute Gasteiger partial charge is 0.444 e. The number of hydrogen-bond donors (Lipinski definition) is 2. The van der Waals surface area contributed by atoms with E-state index in [1.807, 2.05) is 27.7 Å². The average molecular weight is 302 g/mol. The Morgan fingerprint density at radius 2 is 1.86 bits per heavy atom. The summed E-state index contributed by atoms with van der Waals surface area (Å²) < 4.78 is 10.5. The van der Waals surface area contributed by atoms with Crippen LogP contribution in [0.2, 0.25) is 0 Å². The van der Waals surface area contributed by atoms with Gasteiger partial charge in [0.05, 0.1) is 6.61 Å². The minimum absolute atomic E-state index is 0.336. The summed E-state index contributed by atoms with van der Waals surface area (Å²) in [5, 5.41) is 6.24. The van der Waals surface area contributed by atoms with Crippen molar-refractivity contribution in [3.63, 3.8) is 0 Å². The van der Waals surface area contributed by atoms with Crippen LogP contribution in [0.1, 0.15) is 54.4 Å². The Labute approximate surface area is 130 Å². The van der Waals surface area contributed by atoms with Gasteiger partial charge in [0.25, 0.3) is 0 Å². The molecule has 0 unspecified atom stereocenters. The van der Waals surface area contributed by atoms with Crippen LogP contribution in [0.4, 0.5) is 4.79 Å². The van der Waals surface area contributed by atoms with Crippen LogP contribution >= 0.6 is 0 Å². The molecule has 0 saturated heterocycles. The molecule has 0 heterocycles. The minimum Gasteiger partial charge on any atom is -0.444 e. The fourth-order valence-electron chi connectivity index (χ4n) is 2.06. The zero-order valence-electron chi connectivity index (χ0n) is 14.6. The second-order valence-electron chi connectivity index (χ2n) is 6.61. The van der Waals surface area contributed by atoms with Gasteiger partial charge in [0, 0.05) is 25.7 Å². The number of nitrogens with one attached hydrogen (secondary N) is 2. The summed E-state index contributed by atoms with van der Waals surface area (Å²) >= 11 is 0. The highest BCUT2D eigenvalue weighted by molar-refractivity contribution is 5.67. The number of alkyl carbamates (subject to hydrolysis) is 1. The summed E-state index contributed by atoms with van der Waals surface area (Å²) in [6.07, 6.45) is 1.70. The molecule has 0 fully saturated rings. The molecule has 0 aliphatic rings. The van der Waals surface area contributed by atoms with E-state index in [1.165, 1.54) is 0 Å². The summed E-state index contributed by atoms with van der Waals surface area (Å²) in [7, 11) is 0. The molecule has 5 heteroatoms. The molecule has 21 heavy (non-hydrogen) atoms. The lowest BCUT2D eigenvalue weighted by Crippen LogP contribution is -2.34. The van der Waals surface area contributed by atoms with Crippen molar-refractivity contribution in [2.45, 2.75) is 66.0 Å². The molecular formula is C16H34N2O3. The van der Waals surface area contributed by atoms with Gasteiger partial charge in [0.15, 0.2) is 0 Å². The number of amides is 1. The van der Waals surface area contributed by atoms with Crippen LogP contribution in [0.25, 0.3) is 0 Å². The molecule has 0 aromatic carbocycles. The lowest BCUT2D eigenvalue weighted by Gasteiger charge is -2.21. The highest BCUT2D eigenvalue weighted by Crippen LogP contribution is 2.10. The first-order chi connectivity index (χ1) is 9.74. The van der Waals surface area contributed by atoms with E-state index >= 15 is 0 Å². The molecule has 0 saturated carbocycles. The smallest absolute Gasteiger partial charge is 0.407 e. The van der Waals surface area contributed by atoms with Crippen molar-refractivity contribution in [1.29, 1.82) is 0 Å². The molecule has 0 spiro atoms. The Balaban J connectivity index is 3.65. The van der Waals surface area contributed by atoms with E-state index in [2.05, 4.69) is 24.5 Å². The predicted octanol–water partition coefficient (Wildman–Crippen LogP) is 2.94. The van der Waals surface area contributed by atoms with E-state index in [1.54, 1.807) is 0 Å². The van der Waals surface area contributed by atoms with Crippen LogP contribution in [0.15, 0.2) is 0 Å². The molecule has 0 bridgehead atoms. The lowest BCUT2D eigenvalue weighted by atomic mass is 9.99. The van der Waals surface area contributed by atoms with Gasteiger partial charge in [0.2, 0.25) is 0 Å². The Hall–Kier alpha value is -0.810. The van der Waals surface area contributed by atoms with Crippen LogP contribution in [0, 0.1) is 5.92 Å². The quantitative estimate of drug-likeness (QED) is 0.609. The van der Waals surface area contributed by atoms with E-state index in [9.17, 15) is 4.79 Å². The second kappa shape index (κ2) is 10.9. The first kappa shape index (κ1) is 20.2. The van der Waals surface area contributed by atoms with Crippen LogP contribution in [0.3, 0.4) is 0 Å². The van der Waals surface area contributed by atoms with E-state index in [0.29, 0.717) is 18.5 Å². The van der Waals surface area contributed by atoms with Crippen molar-refractivity contribution >= 4 is 6.09 Å². The lowest BCUT2D eigenvalue weighted by molar-refractivity contribution is 0.0525. The highest BCUT2D eigenvalue weighted by Gasteiger charge is 2.16. The van der Waals surface area contributed by atoms with Crippen molar-refractivity contribution in [1.82, 2.24) is 10.6 Å². The van der Waals surface area contributed by atoms with E-state index in [4.69, 9.17) is 9.47 Å². The van der Waals surface area contributed by atoms with Crippen molar-refractivity contribution in [3.05, 3.63) is 0 Å². The monoisotopic (exact) mass is 302 g/mol. The van der Waals surface area contributed by atoms with Crippen LogP contribution in [-0.4, -0.2) is 44.0 Å². The van der Waals surface area contributed by atoms with Gasteiger partial charge < -0.3 is 20.1 Å². The molecule has 0 aliphatic carbocycles. The van der Waals surface area contributed by atoms with E-state index in [-0.39, 0.29) is 6.09 Å². The Morgan fingerprint density at radius 1 is 1.19 bits per heavy atom. The third-order valence-corrected chi connectivity index (χ3v) is 3.00. The number of rotatable bonds is 10. The average Bonchev–Trinajstić information content (AvgIpc) is 2.32. The Bertz CT molecular complexity index is 277. The minimum atomic E-state index is -0.436. The fourth-order valence-corrected chi connectivity index (χ4v) is 2.06. The van der Waals surface area contributed by atoms with Crippen molar-refractivity contribution in [2.75, 3.05) is 26.3 Å². The van der Waals surface area contributed by atoms with Crippen LogP contribution < -0.4 is 10.6 Å². The van der Waals surface area contributed by atoms with Crippen LogP contribution in [-0.2, 0) is 9.47 Å². The first-order valence-corrected chi connectivity index (χ1v) is 8.02. The molecule has 2 atom stereocenters. The molecule has 0 aromatic heterocycles. The normalized spacial score (nSPS) is 14.6. The first-order valence-electron chi connectivity index (χ1n) is 8.02. The third-order valence-electron chi connectivity index (χ3n) is 3.00. The Kier molecular flexibility index (Phi) is 10.4. The van der Waals surface area contributed by atoms with Gasteiger partial charge in [-0.3, -0.25) is 0 Å². The maximum Gasteiger partial charge on any atom is 0.407 e. The summed E-state index contributed by atoms with van der Waals surface area (Å²) in [4.78, 5) is 11.5. The maximum absolute atomic E-state index is 11.5. The van der Waals surface area contributed by atoms with Gasteiger partial charge in [-0.25, -0.2) is 4.79 Å².